The van der Waals surface area contributed by atoms with Gasteiger partial charge in [-0.05, 0) is 40.2 Å². The molecule has 0 unspecified atom stereocenters. The third-order valence-corrected chi connectivity index (χ3v) is 3.87. The molecule has 0 aliphatic heterocycles. The highest BCUT2D eigenvalue weighted by molar-refractivity contribution is 9.10. The monoisotopic (exact) mass is 401 g/mol. The van der Waals surface area contributed by atoms with Crippen molar-refractivity contribution in [3.8, 4) is 5.75 Å². The van der Waals surface area contributed by atoms with Crippen molar-refractivity contribution in [1.29, 1.82) is 0 Å². The summed E-state index contributed by atoms with van der Waals surface area (Å²) in [6.07, 6.45) is 1.60. The van der Waals surface area contributed by atoms with Gasteiger partial charge in [0.25, 0.3) is 5.56 Å². The first kappa shape index (κ1) is 15.1. The number of aryl methyl sites for hydroxylation is 1. The predicted octanol–water partition coefficient (Wildman–Crippen LogP) is 2.80. The average Bonchev–Trinajstić information content (AvgIpc) is 2.45. The first-order chi connectivity index (χ1) is 9.58. The van der Waals surface area contributed by atoms with E-state index in [1.807, 2.05) is 24.3 Å². The van der Waals surface area contributed by atoms with Crippen molar-refractivity contribution in [3.63, 3.8) is 0 Å². The Bertz CT molecular complexity index is 641. The van der Waals surface area contributed by atoms with E-state index in [9.17, 15) is 4.79 Å². The fourth-order valence-electron chi connectivity index (χ4n) is 1.52. The minimum absolute atomic E-state index is 0.177. The van der Waals surface area contributed by atoms with Crippen molar-refractivity contribution >= 4 is 37.5 Å². The van der Waals surface area contributed by atoms with E-state index in [0.29, 0.717) is 23.3 Å². The maximum absolute atomic E-state index is 11.7. The number of aromatic nitrogens is 2. The van der Waals surface area contributed by atoms with Crippen LogP contribution in [0.25, 0.3) is 0 Å². The van der Waals surface area contributed by atoms with E-state index in [1.165, 1.54) is 4.68 Å². The van der Waals surface area contributed by atoms with Crippen LogP contribution < -0.4 is 15.6 Å². The van der Waals surface area contributed by atoms with Gasteiger partial charge in [-0.15, -0.1) is 0 Å². The SMILES string of the molecule is Cn1ncc(NCCOc2ccc(Br)cc2)c(Br)c1=O. The van der Waals surface area contributed by atoms with Crippen LogP contribution in [0.1, 0.15) is 0 Å². The molecule has 1 N–H and O–H groups in total. The third kappa shape index (κ3) is 3.83. The van der Waals surface area contributed by atoms with E-state index in [2.05, 4.69) is 42.3 Å². The second kappa shape index (κ2) is 6.90. The Morgan fingerprint density at radius 1 is 1.30 bits per heavy atom. The number of hydrogen-bond acceptors (Lipinski definition) is 4. The standard InChI is InChI=1S/C13H13Br2N3O2/c1-18-13(19)12(15)11(8-17-18)16-6-7-20-10-4-2-9(14)3-5-10/h2-5,8,16H,6-7H2,1H3. The Labute approximate surface area is 133 Å². The first-order valence-electron chi connectivity index (χ1n) is 5.92. The molecule has 2 aromatic rings. The van der Waals surface area contributed by atoms with Gasteiger partial charge >= 0.3 is 0 Å². The summed E-state index contributed by atoms with van der Waals surface area (Å²) in [4.78, 5) is 11.7. The lowest BCUT2D eigenvalue weighted by Crippen LogP contribution is -2.22. The van der Waals surface area contributed by atoms with Crippen molar-refractivity contribution in [1.82, 2.24) is 9.78 Å². The molecular weight excluding hydrogens is 390 g/mol. The number of halogens is 2. The maximum atomic E-state index is 11.7. The van der Waals surface area contributed by atoms with E-state index in [-0.39, 0.29) is 5.56 Å². The molecule has 2 rings (SSSR count). The minimum atomic E-state index is -0.177. The molecular formula is C13H13Br2N3O2. The van der Waals surface area contributed by atoms with Crippen LogP contribution in [0, 0.1) is 0 Å². The van der Waals surface area contributed by atoms with Gasteiger partial charge in [0, 0.05) is 18.1 Å². The summed E-state index contributed by atoms with van der Waals surface area (Å²) in [7, 11) is 1.60. The summed E-state index contributed by atoms with van der Waals surface area (Å²) in [6, 6.07) is 7.62. The molecule has 7 heteroatoms. The zero-order valence-corrected chi connectivity index (χ0v) is 13.9. The molecule has 0 fully saturated rings. The maximum Gasteiger partial charge on any atom is 0.282 e. The van der Waals surface area contributed by atoms with Gasteiger partial charge in [0.1, 0.15) is 16.8 Å². The molecule has 0 aliphatic rings. The largest absolute Gasteiger partial charge is 0.492 e. The number of nitrogens with zero attached hydrogens (tertiary/aromatic N) is 2. The van der Waals surface area contributed by atoms with Crippen LogP contribution >= 0.6 is 31.9 Å². The van der Waals surface area contributed by atoms with Crippen LogP contribution in [-0.4, -0.2) is 22.9 Å². The number of hydrogen-bond donors (Lipinski definition) is 1. The van der Waals surface area contributed by atoms with Gasteiger partial charge in [-0.1, -0.05) is 15.9 Å². The molecule has 0 radical (unpaired) electrons. The molecule has 0 spiro atoms. The van der Waals surface area contributed by atoms with E-state index in [0.717, 1.165) is 10.2 Å². The fourth-order valence-corrected chi connectivity index (χ4v) is 2.28. The lowest BCUT2D eigenvalue weighted by Gasteiger charge is -2.10. The molecule has 0 amide bonds. The van der Waals surface area contributed by atoms with Crippen LogP contribution in [-0.2, 0) is 7.05 Å². The molecule has 1 aromatic carbocycles. The van der Waals surface area contributed by atoms with Crippen LogP contribution in [0.15, 0.2) is 44.2 Å². The molecule has 1 heterocycles. The molecule has 106 valence electrons. The van der Waals surface area contributed by atoms with E-state index < -0.39 is 0 Å². The second-order valence-corrected chi connectivity index (χ2v) is 5.74. The Morgan fingerprint density at radius 3 is 2.70 bits per heavy atom. The van der Waals surface area contributed by atoms with Crippen molar-refractivity contribution in [2.75, 3.05) is 18.5 Å². The fraction of sp³-hybridized carbons (Fsp3) is 0.231. The van der Waals surface area contributed by atoms with E-state index in [1.54, 1.807) is 13.2 Å². The first-order valence-corrected chi connectivity index (χ1v) is 7.50. The van der Waals surface area contributed by atoms with Gasteiger partial charge in [0.2, 0.25) is 0 Å². The van der Waals surface area contributed by atoms with E-state index in [4.69, 9.17) is 4.74 Å². The molecule has 0 aliphatic carbocycles. The van der Waals surface area contributed by atoms with Gasteiger partial charge in [0.05, 0.1) is 11.9 Å². The highest BCUT2D eigenvalue weighted by atomic mass is 79.9. The highest BCUT2D eigenvalue weighted by Gasteiger charge is 2.05. The molecule has 0 bridgehead atoms. The van der Waals surface area contributed by atoms with Crippen LogP contribution in [0.3, 0.4) is 0 Å². The lowest BCUT2D eigenvalue weighted by atomic mass is 10.3. The summed E-state index contributed by atoms with van der Waals surface area (Å²) >= 11 is 6.62. The minimum Gasteiger partial charge on any atom is -0.492 e. The van der Waals surface area contributed by atoms with Crippen LogP contribution in [0.4, 0.5) is 5.69 Å². The van der Waals surface area contributed by atoms with Crippen molar-refractivity contribution in [3.05, 3.63) is 49.8 Å². The quantitative estimate of drug-likeness (QED) is 0.781. The smallest absolute Gasteiger partial charge is 0.282 e. The third-order valence-electron chi connectivity index (χ3n) is 2.58. The zero-order chi connectivity index (χ0) is 14.5. The van der Waals surface area contributed by atoms with Gasteiger partial charge in [-0.2, -0.15) is 5.10 Å². The molecule has 5 nitrogen and oxygen atoms in total. The number of ether oxygens (including phenoxy) is 1. The van der Waals surface area contributed by atoms with Gasteiger partial charge in [-0.25, -0.2) is 4.68 Å². The summed E-state index contributed by atoms with van der Waals surface area (Å²) in [5.74, 6) is 0.802. The number of nitrogens with one attached hydrogen (secondary N) is 1. The van der Waals surface area contributed by atoms with Crippen molar-refractivity contribution < 1.29 is 4.74 Å². The van der Waals surface area contributed by atoms with E-state index >= 15 is 0 Å². The van der Waals surface area contributed by atoms with Gasteiger partial charge in [-0.3, -0.25) is 4.79 Å². The zero-order valence-electron chi connectivity index (χ0n) is 10.8. The normalized spacial score (nSPS) is 10.3. The Hall–Kier alpha value is -1.34. The van der Waals surface area contributed by atoms with Gasteiger partial charge in [0.15, 0.2) is 0 Å². The molecule has 1 aromatic heterocycles. The molecule has 0 saturated heterocycles. The average molecular weight is 403 g/mol. The topological polar surface area (TPSA) is 56.1 Å². The van der Waals surface area contributed by atoms with Crippen LogP contribution in [0.2, 0.25) is 0 Å². The van der Waals surface area contributed by atoms with Crippen molar-refractivity contribution in [2.24, 2.45) is 7.05 Å². The highest BCUT2D eigenvalue weighted by Crippen LogP contribution is 2.17. The predicted molar refractivity (Wildman–Crippen MR) is 85.3 cm³/mol. The number of benzene rings is 1. The van der Waals surface area contributed by atoms with Crippen LogP contribution in [0.5, 0.6) is 5.75 Å². The number of anilines is 1. The summed E-state index contributed by atoms with van der Waals surface area (Å²) in [5.41, 5.74) is 0.483. The second-order valence-electron chi connectivity index (χ2n) is 4.03. The lowest BCUT2D eigenvalue weighted by molar-refractivity contribution is 0.333. The summed E-state index contributed by atoms with van der Waals surface area (Å²) in [5, 5.41) is 7.06. The Kier molecular flexibility index (Phi) is 5.19. The summed E-state index contributed by atoms with van der Waals surface area (Å²) < 4.78 is 8.33. The van der Waals surface area contributed by atoms with Gasteiger partial charge < -0.3 is 10.1 Å². The Balaban J connectivity index is 1.86. The molecule has 0 atom stereocenters. The molecule has 20 heavy (non-hydrogen) atoms. The number of rotatable bonds is 5. The summed E-state index contributed by atoms with van der Waals surface area (Å²) in [6.45, 7) is 1.06. The molecule has 0 saturated carbocycles. The van der Waals surface area contributed by atoms with Crippen molar-refractivity contribution in [2.45, 2.75) is 0 Å². The Morgan fingerprint density at radius 2 is 2.00 bits per heavy atom.